The van der Waals surface area contributed by atoms with Gasteiger partial charge < -0.3 is 5.32 Å². The molecule has 0 aromatic heterocycles. The average molecular weight is 181 g/mol. The van der Waals surface area contributed by atoms with Crippen LogP contribution in [0.25, 0.3) is 0 Å². The molecule has 0 fully saturated rings. The van der Waals surface area contributed by atoms with E-state index in [9.17, 15) is 0 Å². The SMILES string of the molecule is C1=CNc2ccccc2N=C1.Cl. The zero-order chi connectivity index (χ0) is 7.52. The number of halogens is 1. The highest BCUT2D eigenvalue weighted by Gasteiger charge is 1.96. The summed E-state index contributed by atoms with van der Waals surface area (Å²) >= 11 is 0. The van der Waals surface area contributed by atoms with Crippen molar-refractivity contribution in [1.29, 1.82) is 0 Å². The van der Waals surface area contributed by atoms with Gasteiger partial charge in [-0.15, -0.1) is 12.4 Å². The highest BCUT2D eigenvalue weighted by atomic mass is 35.5. The molecule has 0 saturated carbocycles. The molecule has 0 bridgehead atoms. The molecule has 0 radical (unpaired) electrons. The Morgan fingerprint density at radius 1 is 1.17 bits per heavy atom. The van der Waals surface area contributed by atoms with E-state index in [1.807, 2.05) is 36.5 Å². The lowest BCUT2D eigenvalue weighted by Crippen LogP contribution is -1.84. The standard InChI is InChI=1S/C9H8N2.ClH/c1-2-5-9-8(4-1)10-6-3-7-11-9;/h1-7,10H;1H. The summed E-state index contributed by atoms with van der Waals surface area (Å²) < 4.78 is 0. The predicted molar refractivity (Wildman–Crippen MR) is 54.6 cm³/mol. The van der Waals surface area contributed by atoms with Crippen LogP contribution in [0.3, 0.4) is 0 Å². The fourth-order valence-corrected chi connectivity index (χ4v) is 1.01. The Balaban J connectivity index is 0.000000720. The Hall–Kier alpha value is -1.28. The normalized spacial score (nSPS) is 12.3. The van der Waals surface area contributed by atoms with E-state index in [1.165, 1.54) is 0 Å². The van der Waals surface area contributed by atoms with Crippen LogP contribution in [0.5, 0.6) is 0 Å². The number of allylic oxidation sites excluding steroid dienone is 1. The first-order valence-corrected chi connectivity index (χ1v) is 3.51. The number of para-hydroxylation sites is 2. The number of benzene rings is 1. The molecule has 1 aromatic rings. The minimum atomic E-state index is 0. The van der Waals surface area contributed by atoms with Crippen LogP contribution < -0.4 is 5.32 Å². The molecule has 1 aliphatic heterocycles. The van der Waals surface area contributed by atoms with Gasteiger partial charge in [0.2, 0.25) is 0 Å². The van der Waals surface area contributed by atoms with E-state index in [2.05, 4.69) is 10.3 Å². The molecular formula is C9H9ClN2. The number of anilines is 1. The number of rotatable bonds is 0. The van der Waals surface area contributed by atoms with E-state index in [4.69, 9.17) is 0 Å². The summed E-state index contributed by atoms with van der Waals surface area (Å²) in [6.45, 7) is 0. The quantitative estimate of drug-likeness (QED) is 0.653. The van der Waals surface area contributed by atoms with E-state index in [-0.39, 0.29) is 12.4 Å². The summed E-state index contributed by atoms with van der Waals surface area (Å²) in [5, 5.41) is 3.12. The molecular weight excluding hydrogens is 172 g/mol. The van der Waals surface area contributed by atoms with Crippen molar-refractivity contribution in [2.45, 2.75) is 0 Å². The molecule has 0 unspecified atom stereocenters. The smallest absolute Gasteiger partial charge is 0.0864 e. The molecule has 1 heterocycles. The van der Waals surface area contributed by atoms with Crippen molar-refractivity contribution in [3.05, 3.63) is 36.5 Å². The van der Waals surface area contributed by atoms with Crippen molar-refractivity contribution in [2.75, 3.05) is 5.32 Å². The molecule has 0 saturated heterocycles. The maximum absolute atomic E-state index is 4.21. The van der Waals surface area contributed by atoms with Crippen LogP contribution in [0.4, 0.5) is 11.4 Å². The second-order valence-corrected chi connectivity index (χ2v) is 2.30. The van der Waals surface area contributed by atoms with E-state index < -0.39 is 0 Å². The van der Waals surface area contributed by atoms with Gasteiger partial charge in [0, 0.05) is 12.4 Å². The van der Waals surface area contributed by atoms with Crippen molar-refractivity contribution in [3.63, 3.8) is 0 Å². The van der Waals surface area contributed by atoms with Gasteiger partial charge in [0.15, 0.2) is 0 Å². The predicted octanol–water partition coefficient (Wildman–Crippen LogP) is 2.75. The van der Waals surface area contributed by atoms with Crippen LogP contribution in [-0.4, -0.2) is 6.21 Å². The number of fused-ring (bicyclic) bond motifs is 1. The van der Waals surface area contributed by atoms with Gasteiger partial charge in [-0.05, 0) is 18.2 Å². The van der Waals surface area contributed by atoms with Crippen molar-refractivity contribution >= 4 is 30.0 Å². The monoisotopic (exact) mass is 180 g/mol. The summed E-state index contributed by atoms with van der Waals surface area (Å²) in [7, 11) is 0. The van der Waals surface area contributed by atoms with Crippen LogP contribution in [0, 0.1) is 0 Å². The number of hydrogen-bond acceptors (Lipinski definition) is 2. The van der Waals surface area contributed by atoms with Crippen LogP contribution in [0.2, 0.25) is 0 Å². The molecule has 0 spiro atoms. The first kappa shape index (κ1) is 8.81. The van der Waals surface area contributed by atoms with Gasteiger partial charge in [-0.2, -0.15) is 0 Å². The van der Waals surface area contributed by atoms with Crippen molar-refractivity contribution < 1.29 is 0 Å². The third-order valence-electron chi connectivity index (χ3n) is 1.54. The van der Waals surface area contributed by atoms with Crippen molar-refractivity contribution in [3.8, 4) is 0 Å². The summed E-state index contributed by atoms with van der Waals surface area (Å²) in [4.78, 5) is 4.21. The maximum atomic E-state index is 4.21. The fourth-order valence-electron chi connectivity index (χ4n) is 1.01. The van der Waals surface area contributed by atoms with Gasteiger partial charge in [-0.25, -0.2) is 0 Å². The molecule has 2 nitrogen and oxygen atoms in total. The van der Waals surface area contributed by atoms with Crippen molar-refractivity contribution in [2.24, 2.45) is 4.99 Å². The first-order valence-electron chi connectivity index (χ1n) is 3.51. The summed E-state index contributed by atoms with van der Waals surface area (Å²) in [5.74, 6) is 0. The molecule has 0 amide bonds. The Labute approximate surface area is 77.4 Å². The summed E-state index contributed by atoms with van der Waals surface area (Å²) in [6, 6.07) is 7.94. The lowest BCUT2D eigenvalue weighted by Gasteiger charge is -2.00. The van der Waals surface area contributed by atoms with E-state index in [1.54, 1.807) is 6.21 Å². The minimum Gasteiger partial charge on any atom is -0.360 e. The molecule has 0 atom stereocenters. The van der Waals surface area contributed by atoms with Gasteiger partial charge in [0.25, 0.3) is 0 Å². The van der Waals surface area contributed by atoms with E-state index >= 15 is 0 Å². The molecule has 62 valence electrons. The van der Waals surface area contributed by atoms with E-state index in [0.717, 1.165) is 11.4 Å². The Morgan fingerprint density at radius 3 is 2.92 bits per heavy atom. The maximum Gasteiger partial charge on any atom is 0.0864 e. The molecule has 1 aliphatic rings. The van der Waals surface area contributed by atoms with Crippen LogP contribution in [0.1, 0.15) is 0 Å². The van der Waals surface area contributed by atoms with Gasteiger partial charge in [0.05, 0.1) is 11.4 Å². The minimum absolute atomic E-state index is 0. The second-order valence-electron chi connectivity index (χ2n) is 2.30. The van der Waals surface area contributed by atoms with Gasteiger partial charge >= 0.3 is 0 Å². The number of aliphatic imine (C=N–C) groups is 1. The van der Waals surface area contributed by atoms with Crippen molar-refractivity contribution in [1.82, 2.24) is 0 Å². The number of hydrogen-bond donors (Lipinski definition) is 1. The van der Waals surface area contributed by atoms with Gasteiger partial charge in [-0.3, -0.25) is 4.99 Å². The average Bonchev–Trinajstić information content (AvgIpc) is 2.28. The highest BCUT2D eigenvalue weighted by Crippen LogP contribution is 2.24. The van der Waals surface area contributed by atoms with Gasteiger partial charge in [0.1, 0.15) is 0 Å². The second kappa shape index (κ2) is 3.93. The first-order chi connectivity index (χ1) is 5.47. The zero-order valence-electron chi connectivity index (χ0n) is 6.40. The van der Waals surface area contributed by atoms with Crippen LogP contribution in [0.15, 0.2) is 41.5 Å². The third kappa shape index (κ3) is 1.66. The lowest BCUT2D eigenvalue weighted by atomic mass is 10.3. The topological polar surface area (TPSA) is 24.4 Å². The van der Waals surface area contributed by atoms with Crippen LogP contribution in [-0.2, 0) is 0 Å². The Morgan fingerprint density at radius 2 is 2.00 bits per heavy atom. The van der Waals surface area contributed by atoms with E-state index in [0.29, 0.717) is 0 Å². The molecule has 0 aliphatic carbocycles. The third-order valence-corrected chi connectivity index (χ3v) is 1.54. The number of nitrogens with zero attached hydrogens (tertiary/aromatic N) is 1. The molecule has 3 heteroatoms. The lowest BCUT2D eigenvalue weighted by molar-refractivity contribution is 1.52. The van der Waals surface area contributed by atoms with Gasteiger partial charge in [-0.1, -0.05) is 12.1 Å². The summed E-state index contributed by atoms with van der Waals surface area (Å²) in [5.41, 5.74) is 2.04. The molecule has 1 aromatic carbocycles. The Kier molecular flexibility index (Phi) is 2.88. The molecule has 12 heavy (non-hydrogen) atoms. The molecule has 1 N–H and O–H groups in total. The van der Waals surface area contributed by atoms with Crippen LogP contribution >= 0.6 is 12.4 Å². The zero-order valence-corrected chi connectivity index (χ0v) is 7.21. The fraction of sp³-hybridized carbons (Fsp3) is 0. The highest BCUT2D eigenvalue weighted by molar-refractivity contribution is 5.85. The molecule has 2 rings (SSSR count). The summed E-state index contributed by atoms with van der Waals surface area (Å²) in [6.07, 6.45) is 5.52. The largest absolute Gasteiger partial charge is 0.360 e. The Bertz CT molecular complexity index is 318. The number of nitrogens with one attached hydrogen (secondary N) is 1.